The molecule has 0 spiro atoms. The van der Waals surface area contributed by atoms with Crippen molar-refractivity contribution in [2.24, 2.45) is 5.73 Å². The van der Waals surface area contributed by atoms with E-state index in [1.165, 1.54) is 6.08 Å². The van der Waals surface area contributed by atoms with Crippen LogP contribution in [0.2, 0.25) is 0 Å². The van der Waals surface area contributed by atoms with Crippen molar-refractivity contribution in [3.63, 3.8) is 0 Å². The Labute approximate surface area is 91.8 Å². The predicted molar refractivity (Wildman–Crippen MR) is 57.1 cm³/mol. The number of hydrogen-bond donors (Lipinski definition) is 1. The number of carbonyl (C=O) groups excluding carboxylic acids is 1. The minimum absolute atomic E-state index is 0.239. The van der Waals surface area contributed by atoms with Gasteiger partial charge in [-0.25, -0.2) is 4.21 Å². The van der Waals surface area contributed by atoms with E-state index in [9.17, 15) is 9.00 Å². The van der Waals surface area contributed by atoms with Gasteiger partial charge < -0.3 is 5.73 Å². The number of nitrogens with two attached hydrogens (primary N) is 1. The molecule has 0 radical (unpaired) electrons. The van der Waals surface area contributed by atoms with E-state index in [0.717, 1.165) is 0 Å². The van der Waals surface area contributed by atoms with Gasteiger partial charge in [0, 0.05) is 10.1 Å². The average Bonchev–Trinajstić information content (AvgIpc) is 2.04. The molecule has 1 aliphatic carbocycles. The first-order chi connectivity index (χ1) is 6.07. The molecule has 1 unspecified atom stereocenters. The van der Waals surface area contributed by atoms with Crippen molar-refractivity contribution in [3.05, 3.63) is 22.2 Å². The van der Waals surface area contributed by atoms with Crippen LogP contribution in [0.4, 0.5) is 0 Å². The third-order valence-electron chi connectivity index (χ3n) is 1.58. The molecule has 0 bridgehead atoms. The van der Waals surface area contributed by atoms with Gasteiger partial charge in [-0.3, -0.25) is 4.79 Å². The van der Waals surface area contributed by atoms with E-state index in [1.54, 1.807) is 6.08 Å². The van der Waals surface area contributed by atoms with Gasteiger partial charge in [0.1, 0.15) is 0 Å². The standard InChI is InChI=1S/C7H5BrClNO2S/c8-4-2-1-3(7(9)11)5(10)6(4)13-12/h1-2,5H,10H2. The number of halogens is 2. The summed E-state index contributed by atoms with van der Waals surface area (Å²) >= 11 is 8.68. The lowest BCUT2D eigenvalue weighted by Gasteiger charge is -2.16. The summed E-state index contributed by atoms with van der Waals surface area (Å²) in [5, 5.41) is -0.629. The second-order valence-electron chi connectivity index (χ2n) is 2.34. The van der Waals surface area contributed by atoms with Gasteiger partial charge in [0.05, 0.1) is 22.2 Å². The summed E-state index contributed by atoms with van der Waals surface area (Å²) in [5.41, 5.74) is 5.86. The number of carbonyl (C=O) groups is 1. The fourth-order valence-electron chi connectivity index (χ4n) is 0.918. The maximum Gasteiger partial charge on any atom is 0.250 e. The van der Waals surface area contributed by atoms with Crippen molar-refractivity contribution in [2.75, 3.05) is 0 Å². The molecule has 1 aliphatic rings. The third-order valence-corrected chi connectivity index (χ3v) is 3.40. The van der Waals surface area contributed by atoms with Crippen molar-refractivity contribution >= 4 is 48.9 Å². The van der Waals surface area contributed by atoms with Crippen LogP contribution in [0.3, 0.4) is 0 Å². The molecule has 70 valence electrons. The smallest absolute Gasteiger partial charge is 0.250 e. The lowest BCUT2D eigenvalue weighted by molar-refractivity contribution is -0.108. The Morgan fingerprint density at radius 2 is 2.23 bits per heavy atom. The SMILES string of the molecule is NC1C(C(=O)Cl)=CC=C(Br)C1=S=O. The lowest BCUT2D eigenvalue weighted by Crippen LogP contribution is -2.36. The molecule has 2 N–H and O–H groups in total. The van der Waals surface area contributed by atoms with Gasteiger partial charge in [-0.05, 0) is 33.6 Å². The maximum absolute atomic E-state index is 10.8. The second kappa shape index (κ2) is 4.32. The topological polar surface area (TPSA) is 60.2 Å². The Morgan fingerprint density at radius 3 is 2.69 bits per heavy atom. The third kappa shape index (κ3) is 2.17. The highest BCUT2D eigenvalue weighted by molar-refractivity contribution is 9.12. The van der Waals surface area contributed by atoms with Gasteiger partial charge in [0.2, 0.25) is 5.24 Å². The summed E-state index contributed by atoms with van der Waals surface area (Å²) in [4.78, 5) is 11.2. The van der Waals surface area contributed by atoms with Crippen LogP contribution in [0.5, 0.6) is 0 Å². The molecule has 0 fully saturated rings. The Bertz CT molecular complexity index is 371. The molecule has 1 atom stereocenters. The normalized spacial score (nSPS) is 22.1. The second-order valence-corrected chi connectivity index (χ2v) is 4.14. The predicted octanol–water partition coefficient (Wildman–Crippen LogP) is 0.683. The van der Waals surface area contributed by atoms with Crippen molar-refractivity contribution in [3.8, 4) is 0 Å². The molecule has 6 heteroatoms. The zero-order valence-electron chi connectivity index (χ0n) is 6.29. The first-order valence-corrected chi connectivity index (χ1v) is 5.19. The summed E-state index contributed by atoms with van der Waals surface area (Å²) < 4.78 is 11.2. The minimum Gasteiger partial charge on any atom is -0.319 e. The van der Waals surface area contributed by atoms with E-state index < -0.39 is 11.3 Å². The van der Waals surface area contributed by atoms with E-state index >= 15 is 0 Å². The molecule has 0 heterocycles. The summed E-state index contributed by atoms with van der Waals surface area (Å²) in [7, 11) is 0. The van der Waals surface area contributed by atoms with Gasteiger partial charge in [0.15, 0.2) is 0 Å². The number of hydrogen-bond acceptors (Lipinski definition) is 3. The Balaban J connectivity index is 3.19. The monoisotopic (exact) mass is 281 g/mol. The van der Waals surface area contributed by atoms with E-state index in [1.807, 2.05) is 0 Å². The van der Waals surface area contributed by atoms with Gasteiger partial charge in [0.25, 0.3) is 0 Å². The fraction of sp³-hybridized carbons (Fsp3) is 0.143. The first kappa shape index (κ1) is 10.8. The molecule has 3 nitrogen and oxygen atoms in total. The van der Waals surface area contributed by atoms with Crippen LogP contribution in [0.25, 0.3) is 0 Å². The van der Waals surface area contributed by atoms with Gasteiger partial charge >= 0.3 is 0 Å². The Kier molecular flexibility index (Phi) is 3.61. The van der Waals surface area contributed by atoms with Crippen molar-refractivity contribution in [2.45, 2.75) is 6.04 Å². The van der Waals surface area contributed by atoms with E-state index in [-0.39, 0.29) is 16.8 Å². The van der Waals surface area contributed by atoms with Crippen molar-refractivity contribution in [1.29, 1.82) is 0 Å². The van der Waals surface area contributed by atoms with Gasteiger partial charge in [-0.2, -0.15) is 0 Å². The van der Waals surface area contributed by atoms with E-state index in [2.05, 4.69) is 15.9 Å². The Morgan fingerprint density at radius 1 is 1.62 bits per heavy atom. The van der Waals surface area contributed by atoms with Crippen LogP contribution in [-0.2, 0) is 16.1 Å². The largest absolute Gasteiger partial charge is 0.319 e. The molecule has 0 saturated heterocycles. The molecular weight excluding hydrogens is 278 g/mol. The van der Waals surface area contributed by atoms with Crippen LogP contribution in [0.15, 0.2) is 22.2 Å². The number of allylic oxidation sites excluding steroid dienone is 2. The first-order valence-electron chi connectivity index (χ1n) is 3.27. The van der Waals surface area contributed by atoms with Crippen molar-refractivity contribution < 1.29 is 9.00 Å². The number of rotatable bonds is 1. The molecule has 13 heavy (non-hydrogen) atoms. The van der Waals surface area contributed by atoms with Gasteiger partial charge in [-0.15, -0.1) is 0 Å². The summed E-state index contributed by atoms with van der Waals surface area (Å²) in [6, 6.07) is -0.716. The van der Waals surface area contributed by atoms with Crippen LogP contribution in [0.1, 0.15) is 0 Å². The molecule has 0 amide bonds. The van der Waals surface area contributed by atoms with E-state index in [4.69, 9.17) is 17.3 Å². The molecule has 1 rings (SSSR count). The van der Waals surface area contributed by atoms with Gasteiger partial charge in [-0.1, -0.05) is 6.08 Å². The van der Waals surface area contributed by atoms with Crippen LogP contribution in [-0.4, -0.2) is 20.4 Å². The highest BCUT2D eigenvalue weighted by Crippen LogP contribution is 2.20. The van der Waals surface area contributed by atoms with Crippen LogP contribution < -0.4 is 5.73 Å². The molecule has 0 aliphatic heterocycles. The Hall–Kier alpha value is -0.230. The molecule has 0 aromatic heterocycles. The summed E-state index contributed by atoms with van der Waals surface area (Å²) in [6.07, 6.45) is 3.09. The highest BCUT2D eigenvalue weighted by Gasteiger charge is 2.24. The highest BCUT2D eigenvalue weighted by atomic mass is 79.9. The molecule has 0 aromatic rings. The summed E-state index contributed by atoms with van der Waals surface area (Å²) in [5.74, 6) is 0. The van der Waals surface area contributed by atoms with Crippen molar-refractivity contribution in [1.82, 2.24) is 0 Å². The lowest BCUT2D eigenvalue weighted by atomic mass is 10.0. The van der Waals surface area contributed by atoms with E-state index in [0.29, 0.717) is 9.35 Å². The molecular formula is C7H5BrClNO2S. The molecule has 0 aromatic carbocycles. The molecule has 0 saturated carbocycles. The van der Waals surface area contributed by atoms with Crippen LogP contribution in [0, 0.1) is 0 Å². The summed E-state index contributed by atoms with van der Waals surface area (Å²) in [6.45, 7) is 0. The maximum atomic E-state index is 10.8. The zero-order chi connectivity index (χ0) is 10.0. The zero-order valence-corrected chi connectivity index (χ0v) is 9.45. The van der Waals surface area contributed by atoms with Crippen LogP contribution >= 0.6 is 27.5 Å². The minimum atomic E-state index is -0.716. The quantitative estimate of drug-likeness (QED) is 0.568. The fourth-order valence-corrected chi connectivity index (χ4v) is 2.05. The average molecular weight is 283 g/mol.